The van der Waals surface area contributed by atoms with Crippen molar-refractivity contribution in [3.05, 3.63) is 0 Å². The molecular weight excluding hydrogens is 296 g/mol. The Morgan fingerprint density at radius 1 is 1.48 bits per heavy atom. The van der Waals surface area contributed by atoms with E-state index in [0.717, 1.165) is 12.8 Å². The number of nitrogens with two attached hydrogens (primary N) is 2. The molecule has 0 heterocycles. The predicted molar refractivity (Wildman–Crippen MR) is 92.2 cm³/mol. The van der Waals surface area contributed by atoms with Crippen molar-refractivity contribution in [3.63, 3.8) is 0 Å². The van der Waals surface area contributed by atoms with Crippen molar-refractivity contribution in [2.24, 2.45) is 33.5 Å². The van der Waals surface area contributed by atoms with Crippen molar-refractivity contribution in [2.75, 3.05) is 0 Å². The fourth-order valence-corrected chi connectivity index (χ4v) is 3.72. The highest BCUT2D eigenvalue weighted by molar-refractivity contribution is 5.75. The molecule has 0 bridgehead atoms. The maximum absolute atomic E-state index is 10.8. The lowest BCUT2D eigenvalue weighted by atomic mass is 9.75. The van der Waals surface area contributed by atoms with Crippen LogP contribution < -0.4 is 16.8 Å². The third kappa shape index (κ3) is 3.81. The summed E-state index contributed by atoms with van der Waals surface area (Å²) in [4.78, 5) is 4.55. The largest absolute Gasteiger partial charge is 0.411 e. The number of guanidine groups is 1. The molecule has 0 amide bonds. The van der Waals surface area contributed by atoms with Gasteiger partial charge in [-0.3, -0.25) is 10.4 Å². The number of nitrogens with one attached hydrogen (secondary N) is 2. The Morgan fingerprint density at radius 3 is 2.52 bits per heavy atom. The fourth-order valence-electron chi connectivity index (χ4n) is 3.72. The van der Waals surface area contributed by atoms with E-state index in [4.69, 9.17) is 22.1 Å². The van der Waals surface area contributed by atoms with E-state index in [-0.39, 0.29) is 17.9 Å². The van der Waals surface area contributed by atoms with Gasteiger partial charge in [0.05, 0.1) is 23.7 Å². The van der Waals surface area contributed by atoms with Gasteiger partial charge in [0.15, 0.2) is 5.96 Å². The van der Waals surface area contributed by atoms with Crippen LogP contribution in [0.4, 0.5) is 0 Å². The lowest BCUT2D eigenvalue weighted by Gasteiger charge is -2.43. The third-order valence-electron chi connectivity index (χ3n) is 4.93. The van der Waals surface area contributed by atoms with E-state index in [1.807, 2.05) is 6.92 Å². The van der Waals surface area contributed by atoms with Crippen LogP contribution in [-0.2, 0) is 0 Å². The van der Waals surface area contributed by atoms with Gasteiger partial charge in [-0.25, -0.2) is 0 Å². The van der Waals surface area contributed by atoms with Crippen LogP contribution in [0.25, 0.3) is 0 Å². The summed E-state index contributed by atoms with van der Waals surface area (Å²) in [5.41, 5.74) is 11.1. The van der Waals surface area contributed by atoms with E-state index in [1.165, 1.54) is 6.21 Å². The van der Waals surface area contributed by atoms with E-state index in [0.29, 0.717) is 6.42 Å². The zero-order valence-electron chi connectivity index (χ0n) is 14.1. The van der Waals surface area contributed by atoms with Gasteiger partial charge in [0.2, 0.25) is 0 Å². The van der Waals surface area contributed by atoms with Crippen LogP contribution in [0.15, 0.2) is 10.1 Å². The molecule has 0 aromatic heterocycles. The molecule has 0 aromatic carbocycles. The molecule has 1 saturated carbocycles. The number of hydrogen-bond acceptors (Lipinski definition) is 6. The van der Waals surface area contributed by atoms with Gasteiger partial charge in [0, 0.05) is 12.1 Å². The van der Waals surface area contributed by atoms with Crippen LogP contribution in [0.5, 0.6) is 0 Å². The fraction of sp³-hybridized carbons (Fsp3) is 0.800. The third-order valence-corrected chi connectivity index (χ3v) is 4.93. The Labute approximate surface area is 137 Å². The monoisotopic (exact) mass is 326 g/mol. The maximum Gasteiger partial charge on any atom is 0.185 e. The van der Waals surface area contributed by atoms with Gasteiger partial charge in [-0.15, -0.1) is 5.16 Å². The lowest BCUT2D eigenvalue weighted by molar-refractivity contribution is 0.0559. The standard InChI is InChI=1S/C15H30N6O2/c1-4-9(5-2)12(19-6-3)15(18)11(21-14(16)17)7-10(8-20-23)13(15)22/h6,8-13,22-23H,4-5,7,18H2,1-3H3,(H4,16,17,21)/b19-6+,20-8+/t10-,11-,12?,13-,15+/m1/s1. The highest BCUT2D eigenvalue weighted by Gasteiger charge is 2.57. The Bertz CT molecular complexity index is 451. The quantitative estimate of drug-likeness (QED) is 0.172. The first-order chi connectivity index (χ1) is 10.9. The van der Waals surface area contributed by atoms with Crippen molar-refractivity contribution in [1.82, 2.24) is 5.32 Å². The highest BCUT2D eigenvalue weighted by atomic mass is 16.4. The molecule has 0 radical (unpaired) electrons. The van der Waals surface area contributed by atoms with Gasteiger partial charge in [-0.1, -0.05) is 26.7 Å². The molecular formula is C15H30N6O2. The first-order valence-electron chi connectivity index (χ1n) is 8.09. The van der Waals surface area contributed by atoms with Crippen LogP contribution in [0.2, 0.25) is 0 Å². The Kier molecular flexibility index (Phi) is 6.96. The number of aliphatic hydroxyl groups excluding tert-OH is 1. The average molecular weight is 326 g/mol. The van der Waals surface area contributed by atoms with Crippen molar-refractivity contribution in [2.45, 2.75) is 63.8 Å². The molecule has 0 aliphatic heterocycles. The van der Waals surface area contributed by atoms with Crippen molar-refractivity contribution in [1.29, 1.82) is 5.41 Å². The normalized spacial score (nSPS) is 32.9. The minimum absolute atomic E-state index is 0.187. The minimum atomic E-state index is -1.11. The smallest absolute Gasteiger partial charge is 0.185 e. The summed E-state index contributed by atoms with van der Waals surface area (Å²) in [7, 11) is 0. The second-order valence-electron chi connectivity index (χ2n) is 6.15. The van der Waals surface area contributed by atoms with Crippen LogP contribution in [-0.4, -0.2) is 52.4 Å². The van der Waals surface area contributed by atoms with Crippen LogP contribution in [0.3, 0.4) is 0 Å². The second-order valence-corrected chi connectivity index (χ2v) is 6.15. The molecule has 1 rings (SSSR count). The number of nitrogens with zero attached hydrogens (tertiary/aromatic N) is 2. The van der Waals surface area contributed by atoms with Gasteiger partial charge in [-0.2, -0.15) is 0 Å². The van der Waals surface area contributed by atoms with E-state index in [9.17, 15) is 5.11 Å². The minimum Gasteiger partial charge on any atom is -0.411 e. The zero-order valence-corrected chi connectivity index (χ0v) is 14.1. The summed E-state index contributed by atoms with van der Waals surface area (Å²) in [5, 5.41) is 33.0. The lowest BCUT2D eigenvalue weighted by Crippen LogP contribution is -2.68. The zero-order chi connectivity index (χ0) is 17.6. The van der Waals surface area contributed by atoms with Gasteiger partial charge in [0.1, 0.15) is 0 Å². The first kappa shape index (κ1) is 19.4. The van der Waals surface area contributed by atoms with Crippen LogP contribution in [0, 0.1) is 17.2 Å². The van der Waals surface area contributed by atoms with Crippen molar-refractivity contribution >= 4 is 18.4 Å². The summed E-state index contributed by atoms with van der Waals surface area (Å²) < 4.78 is 0. The summed E-state index contributed by atoms with van der Waals surface area (Å²) in [6.07, 6.45) is 4.18. The number of oxime groups is 1. The molecule has 1 fully saturated rings. The molecule has 1 unspecified atom stereocenters. The van der Waals surface area contributed by atoms with E-state index in [2.05, 4.69) is 29.3 Å². The molecule has 0 aromatic rings. The molecule has 8 nitrogen and oxygen atoms in total. The number of aliphatic imine (C=N–C) groups is 1. The SMILES string of the molecule is C/C=N/C(C(CC)CC)[C@]1(N)[C@H](O)[C@@H](/C=N/O)C[C@H]1NC(=N)N. The average Bonchev–Trinajstić information content (AvgIpc) is 2.73. The molecule has 132 valence electrons. The Balaban J connectivity index is 3.31. The molecule has 23 heavy (non-hydrogen) atoms. The van der Waals surface area contributed by atoms with Crippen LogP contribution >= 0.6 is 0 Å². The molecule has 5 atom stereocenters. The number of hydrogen-bond donors (Lipinski definition) is 6. The summed E-state index contributed by atoms with van der Waals surface area (Å²) >= 11 is 0. The van der Waals surface area contributed by atoms with Gasteiger partial charge in [-0.05, 0) is 25.5 Å². The van der Waals surface area contributed by atoms with E-state index in [1.54, 1.807) is 6.21 Å². The van der Waals surface area contributed by atoms with Crippen molar-refractivity contribution in [3.8, 4) is 0 Å². The number of aliphatic hydroxyl groups is 1. The maximum atomic E-state index is 10.8. The van der Waals surface area contributed by atoms with Crippen molar-refractivity contribution < 1.29 is 10.3 Å². The van der Waals surface area contributed by atoms with Gasteiger partial charge >= 0.3 is 0 Å². The van der Waals surface area contributed by atoms with E-state index < -0.39 is 23.6 Å². The first-order valence-corrected chi connectivity index (χ1v) is 8.09. The number of rotatable bonds is 7. The molecule has 0 spiro atoms. The highest BCUT2D eigenvalue weighted by Crippen LogP contribution is 2.40. The van der Waals surface area contributed by atoms with Crippen LogP contribution in [0.1, 0.15) is 40.0 Å². The summed E-state index contributed by atoms with van der Waals surface area (Å²) in [5.74, 6) is -0.444. The van der Waals surface area contributed by atoms with Gasteiger partial charge in [0.25, 0.3) is 0 Å². The topological polar surface area (TPSA) is 153 Å². The van der Waals surface area contributed by atoms with Gasteiger partial charge < -0.3 is 27.1 Å². The molecule has 0 saturated heterocycles. The predicted octanol–water partition coefficient (Wildman–Crippen LogP) is 0.272. The molecule has 1 aliphatic rings. The Hall–Kier alpha value is -1.67. The second kappa shape index (κ2) is 8.26. The summed E-state index contributed by atoms with van der Waals surface area (Å²) in [6, 6.07) is -0.765. The summed E-state index contributed by atoms with van der Waals surface area (Å²) in [6.45, 7) is 5.95. The Morgan fingerprint density at radius 2 is 2.09 bits per heavy atom. The molecule has 1 aliphatic carbocycles. The molecule has 8 N–H and O–H groups in total. The van der Waals surface area contributed by atoms with E-state index >= 15 is 0 Å². The molecule has 8 heteroatoms.